The number of nitrogens with zero attached hydrogens (tertiary/aromatic N) is 1. The molecular formula is C22H29NO7. The van der Waals surface area contributed by atoms with Crippen molar-refractivity contribution in [3.8, 4) is 0 Å². The van der Waals surface area contributed by atoms with Crippen LogP contribution in [0.15, 0.2) is 30.3 Å². The molecule has 0 amide bonds. The summed E-state index contributed by atoms with van der Waals surface area (Å²) in [7, 11) is 0. The number of hydroxylamine groups is 2. The second-order valence-electron chi connectivity index (χ2n) is 8.08. The molecule has 2 heterocycles. The molecule has 0 spiro atoms. The third-order valence-corrected chi connectivity index (χ3v) is 6.21. The lowest BCUT2D eigenvalue weighted by molar-refractivity contribution is -0.438. The van der Waals surface area contributed by atoms with Crippen LogP contribution in [-0.4, -0.2) is 53.4 Å². The summed E-state index contributed by atoms with van der Waals surface area (Å²) in [6.07, 6.45) is 3.62. The summed E-state index contributed by atoms with van der Waals surface area (Å²) in [6, 6.07) is 9.82. The quantitative estimate of drug-likeness (QED) is 0.703. The average molecular weight is 419 g/mol. The van der Waals surface area contributed by atoms with Crippen LogP contribution < -0.4 is 0 Å². The van der Waals surface area contributed by atoms with Crippen LogP contribution in [0.2, 0.25) is 0 Å². The zero-order valence-corrected chi connectivity index (χ0v) is 17.1. The third kappa shape index (κ3) is 4.37. The van der Waals surface area contributed by atoms with Crippen molar-refractivity contribution in [3.05, 3.63) is 35.9 Å². The molecule has 1 aromatic carbocycles. The normalized spacial score (nSPS) is 34.3. The molecule has 2 saturated heterocycles. The minimum absolute atomic E-state index is 0.0291. The Bertz CT molecular complexity index is 742. The molecule has 1 N–H and O–H groups in total. The topological polar surface area (TPSA) is 94.5 Å². The number of rotatable bonds is 6. The highest BCUT2D eigenvalue weighted by molar-refractivity contribution is 5.84. The summed E-state index contributed by atoms with van der Waals surface area (Å²) in [5.41, 5.74) is 1.27. The van der Waals surface area contributed by atoms with Crippen molar-refractivity contribution >= 4 is 11.9 Å². The van der Waals surface area contributed by atoms with Gasteiger partial charge in [-0.2, -0.15) is 0 Å². The first-order valence-electron chi connectivity index (χ1n) is 10.8. The van der Waals surface area contributed by atoms with E-state index < -0.39 is 36.3 Å². The predicted molar refractivity (Wildman–Crippen MR) is 105 cm³/mol. The molecule has 3 fully saturated rings. The van der Waals surface area contributed by atoms with Gasteiger partial charge < -0.3 is 14.6 Å². The van der Waals surface area contributed by atoms with E-state index in [1.54, 1.807) is 6.92 Å². The first-order chi connectivity index (χ1) is 14.6. The Kier molecular flexibility index (Phi) is 6.67. The Labute approximate surface area is 175 Å². The molecule has 1 aromatic rings. The van der Waals surface area contributed by atoms with Crippen molar-refractivity contribution in [2.24, 2.45) is 5.92 Å². The number of hydrogen-bond acceptors (Lipinski definition) is 7. The second-order valence-corrected chi connectivity index (χ2v) is 8.08. The lowest BCUT2D eigenvalue weighted by Gasteiger charge is -2.38. The standard InChI is InChI=1S/C22H29NO7/c1-2-27-22(26)20-19(21(24)25)16-12-13-18(29-23(16)30-20)28-17-11-7-6-10-15(17)14-8-4-3-5-9-14/h3-5,8-9,15-20H,2,6-7,10-13H2,1H3,(H,24,25)/t15?,16?,17?,18-,19+,20+/m0/s1. The van der Waals surface area contributed by atoms with Crippen molar-refractivity contribution in [1.29, 1.82) is 0 Å². The summed E-state index contributed by atoms with van der Waals surface area (Å²) >= 11 is 0. The van der Waals surface area contributed by atoms with E-state index in [1.807, 2.05) is 18.2 Å². The molecule has 8 nitrogen and oxygen atoms in total. The highest BCUT2D eigenvalue weighted by Gasteiger charge is 2.55. The van der Waals surface area contributed by atoms with Crippen molar-refractivity contribution in [2.45, 2.75) is 75.9 Å². The van der Waals surface area contributed by atoms with Crippen LogP contribution >= 0.6 is 0 Å². The van der Waals surface area contributed by atoms with Crippen LogP contribution in [0.25, 0.3) is 0 Å². The maximum Gasteiger partial charge on any atom is 0.338 e. The summed E-state index contributed by atoms with van der Waals surface area (Å²) < 4.78 is 11.3. The van der Waals surface area contributed by atoms with Crippen molar-refractivity contribution in [2.75, 3.05) is 6.61 Å². The highest BCUT2D eigenvalue weighted by atomic mass is 17.0. The van der Waals surface area contributed by atoms with Gasteiger partial charge in [-0.05, 0) is 31.7 Å². The minimum atomic E-state index is -1.21. The van der Waals surface area contributed by atoms with Gasteiger partial charge in [0.15, 0.2) is 12.4 Å². The van der Waals surface area contributed by atoms with Gasteiger partial charge in [-0.3, -0.25) is 9.63 Å². The van der Waals surface area contributed by atoms with E-state index in [0.29, 0.717) is 18.8 Å². The molecule has 1 saturated carbocycles. The summed E-state index contributed by atoms with van der Waals surface area (Å²) in [5, 5.41) is 10.8. The van der Waals surface area contributed by atoms with Crippen molar-refractivity contribution < 1.29 is 33.8 Å². The molecule has 0 radical (unpaired) electrons. The summed E-state index contributed by atoms with van der Waals surface area (Å²) in [6.45, 7) is 1.83. The molecule has 6 atom stereocenters. The van der Waals surface area contributed by atoms with E-state index in [4.69, 9.17) is 19.1 Å². The number of carboxylic acid groups (broad SMARTS) is 1. The maximum absolute atomic E-state index is 12.2. The minimum Gasteiger partial charge on any atom is -0.481 e. The van der Waals surface area contributed by atoms with Gasteiger partial charge in [0.2, 0.25) is 0 Å². The van der Waals surface area contributed by atoms with E-state index in [1.165, 1.54) is 12.0 Å². The number of hydrogen-bond donors (Lipinski definition) is 1. The highest BCUT2D eigenvalue weighted by Crippen LogP contribution is 2.40. The van der Waals surface area contributed by atoms with Crippen LogP contribution in [0.4, 0.5) is 0 Å². The van der Waals surface area contributed by atoms with E-state index in [9.17, 15) is 14.7 Å². The SMILES string of the molecule is CCOC(=O)[C@@H]1ON2O[C@H](OC3CCCCC3c3ccccc3)CCC2[C@H]1C(=O)O. The first kappa shape index (κ1) is 21.2. The van der Waals surface area contributed by atoms with Crippen molar-refractivity contribution in [1.82, 2.24) is 5.23 Å². The van der Waals surface area contributed by atoms with E-state index in [0.717, 1.165) is 24.5 Å². The number of carbonyl (C=O) groups excluding carboxylic acids is 1. The fourth-order valence-electron chi connectivity index (χ4n) is 4.79. The largest absolute Gasteiger partial charge is 0.481 e. The second kappa shape index (κ2) is 9.43. The van der Waals surface area contributed by atoms with Gasteiger partial charge >= 0.3 is 11.9 Å². The average Bonchev–Trinajstić information content (AvgIpc) is 3.14. The molecule has 30 heavy (non-hydrogen) atoms. The van der Waals surface area contributed by atoms with Gasteiger partial charge in [0.25, 0.3) is 0 Å². The van der Waals surface area contributed by atoms with Gasteiger partial charge in [0, 0.05) is 12.3 Å². The Morgan fingerprint density at radius 3 is 2.60 bits per heavy atom. The molecule has 0 bridgehead atoms. The number of benzene rings is 1. The Balaban J connectivity index is 1.42. The number of carboxylic acids is 1. The Morgan fingerprint density at radius 1 is 1.10 bits per heavy atom. The van der Waals surface area contributed by atoms with E-state index in [2.05, 4.69) is 12.1 Å². The Hall–Kier alpha value is -2.00. The number of aliphatic carboxylic acids is 1. The van der Waals surface area contributed by atoms with Crippen LogP contribution in [0.1, 0.15) is 56.9 Å². The van der Waals surface area contributed by atoms with Crippen LogP contribution in [0.5, 0.6) is 0 Å². The van der Waals surface area contributed by atoms with Crippen LogP contribution in [0.3, 0.4) is 0 Å². The zero-order valence-electron chi connectivity index (χ0n) is 17.1. The van der Waals surface area contributed by atoms with Gasteiger partial charge in [-0.25, -0.2) is 9.63 Å². The van der Waals surface area contributed by atoms with Gasteiger partial charge in [-0.1, -0.05) is 48.4 Å². The molecule has 3 unspecified atom stereocenters. The molecule has 2 aliphatic heterocycles. The van der Waals surface area contributed by atoms with Gasteiger partial charge in [0.05, 0.1) is 18.8 Å². The number of carbonyl (C=O) groups is 2. The summed E-state index contributed by atoms with van der Waals surface area (Å²) in [5.74, 6) is -2.51. The molecule has 1 aliphatic carbocycles. The summed E-state index contributed by atoms with van der Waals surface area (Å²) in [4.78, 5) is 35.4. The smallest absolute Gasteiger partial charge is 0.338 e. The lowest BCUT2D eigenvalue weighted by atomic mass is 9.81. The van der Waals surface area contributed by atoms with Crippen molar-refractivity contribution in [3.63, 3.8) is 0 Å². The zero-order chi connectivity index (χ0) is 21.1. The first-order valence-corrected chi connectivity index (χ1v) is 10.8. The fraction of sp³-hybridized carbons (Fsp3) is 0.636. The number of fused-ring (bicyclic) bond motifs is 1. The molecule has 164 valence electrons. The molecule has 0 aromatic heterocycles. The third-order valence-electron chi connectivity index (χ3n) is 6.21. The number of esters is 1. The maximum atomic E-state index is 12.2. The van der Waals surface area contributed by atoms with E-state index in [-0.39, 0.29) is 12.7 Å². The lowest BCUT2D eigenvalue weighted by Crippen LogP contribution is -2.45. The molecular weight excluding hydrogens is 390 g/mol. The molecule has 4 rings (SSSR count). The van der Waals surface area contributed by atoms with Gasteiger partial charge in [-0.15, -0.1) is 0 Å². The van der Waals surface area contributed by atoms with Crippen LogP contribution in [-0.2, 0) is 28.7 Å². The molecule has 8 heteroatoms. The monoisotopic (exact) mass is 419 g/mol. The van der Waals surface area contributed by atoms with Gasteiger partial charge in [0.1, 0.15) is 5.92 Å². The number of ether oxygens (including phenoxy) is 2. The predicted octanol–water partition coefficient (Wildman–Crippen LogP) is 3.03. The van der Waals surface area contributed by atoms with E-state index >= 15 is 0 Å². The Morgan fingerprint density at radius 2 is 1.87 bits per heavy atom. The molecule has 3 aliphatic rings. The van der Waals surface area contributed by atoms with Crippen LogP contribution in [0, 0.1) is 5.92 Å². The fourth-order valence-corrected chi connectivity index (χ4v) is 4.79.